The average molecular weight is 560 g/mol. The van der Waals surface area contributed by atoms with E-state index >= 15 is 0 Å². The molecule has 0 saturated carbocycles. The number of aliphatic imine (C=N–C) groups is 1. The van der Waals surface area contributed by atoms with Crippen molar-refractivity contribution in [3.63, 3.8) is 0 Å². The molecular weight excluding hydrogens is 526 g/mol. The van der Waals surface area contributed by atoms with Gasteiger partial charge in [0.2, 0.25) is 0 Å². The molecule has 2 aliphatic rings. The second kappa shape index (κ2) is 11.4. The Morgan fingerprint density at radius 3 is 2.39 bits per heavy atom. The number of hydrogen-bond acceptors (Lipinski definition) is 7. The third-order valence-electron chi connectivity index (χ3n) is 6.16. The normalized spacial score (nSPS) is 22.1. The average Bonchev–Trinajstić information content (AvgIpc) is 3.30. The predicted octanol–water partition coefficient (Wildman–Crippen LogP) is 3.43. The smallest absolute Gasteiger partial charge is 0.408 e. The van der Waals surface area contributed by atoms with Crippen LogP contribution in [0.15, 0.2) is 59.6 Å². The lowest BCUT2D eigenvalue weighted by molar-refractivity contribution is -0.119. The first kappa shape index (κ1) is 28.0. The lowest BCUT2D eigenvalue weighted by atomic mass is 10.1. The topological polar surface area (TPSA) is 114 Å². The Morgan fingerprint density at radius 2 is 1.76 bits per heavy atom. The molecule has 11 heteroatoms. The Bertz CT molecular complexity index is 1290. The third-order valence-corrected chi connectivity index (χ3v) is 9.41. The molecule has 3 atom stereocenters. The number of alkyl carbamates (subject to hydrolysis) is 1. The van der Waals surface area contributed by atoms with Crippen LogP contribution in [0.4, 0.5) is 4.79 Å². The zero-order valence-electron chi connectivity index (χ0n) is 21.9. The number of carbonyl (C=O) groups is 2. The van der Waals surface area contributed by atoms with Crippen molar-refractivity contribution in [1.29, 1.82) is 0 Å². The maximum Gasteiger partial charge on any atom is 0.408 e. The fraction of sp³-hybridized carbons (Fsp3) is 0.444. The molecule has 204 valence electrons. The molecule has 2 amide bonds. The van der Waals surface area contributed by atoms with Crippen LogP contribution < -0.4 is 10.1 Å². The van der Waals surface area contributed by atoms with E-state index < -0.39 is 33.5 Å². The highest BCUT2D eigenvalue weighted by molar-refractivity contribution is 8.15. The first-order chi connectivity index (χ1) is 17.9. The number of ether oxygens (including phenoxy) is 2. The first-order valence-electron chi connectivity index (χ1n) is 12.3. The number of amides is 2. The fourth-order valence-corrected chi connectivity index (χ4v) is 8.38. The lowest BCUT2D eigenvalue weighted by Crippen LogP contribution is -2.45. The van der Waals surface area contributed by atoms with Gasteiger partial charge in [0.1, 0.15) is 17.4 Å². The summed E-state index contributed by atoms with van der Waals surface area (Å²) in [4.78, 5) is 32.4. The molecule has 0 spiro atoms. The molecule has 0 aliphatic carbocycles. The molecular formula is C27H33N3O6S2. The minimum atomic E-state index is -3.18. The van der Waals surface area contributed by atoms with E-state index in [1.807, 2.05) is 59.5 Å². The number of sulfone groups is 1. The van der Waals surface area contributed by atoms with E-state index in [0.29, 0.717) is 17.5 Å². The van der Waals surface area contributed by atoms with Crippen molar-refractivity contribution in [2.24, 2.45) is 4.99 Å². The van der Waals surface area contributed by atoms with Gasteiger partial charge in [-0.25, -0.2) is 13.2 Å². The molecule has 4 rings (SSSR count). The van der Waals surface area contributed by atoms with Crippen LogP contribution >= 0.6 is 11.8 Å². The summed E-state index contributed by atoms with van der Waals surface area (Å²) in [5.41, 5.74) is 1.07. The van der Waals surface area contributed by atoms with E-state index in [0.717, 1.165) is 11.1 Å². The van der Waals surface area contributed by atoms with Crippen LogP contribution in [-0.2, 0) is 32.3 Å². The third kappa shape index (κ3) is 7.28. The van der Waals surface area contributed by atoms with Crippen molar-refractivity contribution >= 4 is 38.8 Å². The van der Waals surface area contributed by atoms with Gasteiger partial charge >= 0.3 is 6.09 Å². The second-order valence-electron chi connectivity index (χ2n) is 10.4. The summed E-state index contributed by atoms with van der Waals surface area (Å²) < 4.78 is 35.4. The highest BCUT2D eigenvalue weighted by Crippen LogP contribution is 2.39. The summed E-state index contributed by atoms with van der Waals surface area (Å²) in [5.74, 6) is 0.243. The summed E-state index contributed by atoms with van der Waals surface area (Å²) in [5, 5.41) is 2.93. The van der Waals surface area contributed by atoms with Crippen LogP contribution in [0.3, 0.4) is 0 Å². The van der Waals surface area contributed by atoms with Gasteiger partial charge in [-0.2, -0.15) is 4.99 Å². The largest absolute Gasteiger partial charge is 0.497 e. The summed E-state index contributed by atoms with van der Waals surface area (Å²) in [6.45, 7) is 5.64. The number of nitrogens with zero attached hydrogens (tertiary/aromatic N) is 2. The number of hydrogen-bond donors (Lipinski definition) is 1. The van der Waals surface area contributed by atoms with Gasteiger partial charge in [0, 0.05) is 18.2 Å². The van der Waals surface area contributed by atoms with Crippen molar-refractivity contribution in [2.75, 3.05) is 18.6 Å². The number of benzene rings is 2. The summed E-state index contributed by atoms with van der Waals surface area (Å²) in [6, 6.07) is 15.6. The standard InChI is InChI=1S/C27H33N3O6S2/c1-27(2,3)36-26(32)28-21(14-18-8-6-5-7-9-18)24(31)29-25-30(15-19-10-12-20(35-4)13-11-19)22-16-38(33,34)17-23(22)37-25/h5-13,21-23H,14-17H2,1-4H3,(H,28,32)/t21-,22-,23+/m0/s1. The highest BCUT2D eigenvalue weighted by Gasteiger charge is 2.49. The predicted molar refractivity (Wildman–Crippen MR) is 148 cm³/mol. The Kier molecular flexibility index (Phi) is 8.37. The molecule has 2 aromatic carbocycles. The van der Waals surface area contributed by atoms with Crippen molar-refractivity contribution in [3.05, 3.63) is 65.7 Å². The van der Waals surface area contributed by atoms with E-state index in [1.54, 1.807) is 27.9 Å². The van der Waals surface area contributed by atoms with Crippen LogP contribution in [0, 0.1) is 0 Å². The zero-order valence-corrected chi connectivity index (χ0v) is 23.6. The van der Waals surface area contributed by atoms with Gasteiger partial charge in [-0.1, -0.05) is 54.2 Å². The minimum Gasteiger partial charge on any atom is -0.497 e. The molecule has 0 unspecified atom stereocenters. The maximum atomic E-state index is 13.5. The molecule has 2 heterocycles. The van der Waals surface area contributed by atoms with Gasteiger partial charge < -0.3 is 19.7 Å². The lowest BCUT2D eigenvalue weighted by Gasteiger charge is -2.25. The van der Waals surface area contributed by atoms with E-state index in [-0.39, 0.29) is 29.2 Å². The molecule has 2 saturated heterocycles. The van der Waals surface area contributed by atoms with E-state index in [9.17, 15) is 18.0 Å². The van der Waals surface area contributed by atoms with E-state index in [4.69, 9.17) is 9.47 Å². The van der Waals surface area contributed by atoms with Gasteiger partial charge in [0.05, 0.1) is 24.7 Å². The summed E-state index contributed by atoms with van der Waals surface area (Å²) in [7, 11) is -1.59. The molecule has 9 nitrogen and oxygen atoms in total. The first-order valence-corrected chi connectivity index (χ1v) is 15.1. The van der Waals surface area contributed by atoms with Crippen molar-refractivity contribution < 1.29 is 27.5 Å². The molecule has 2 aliphatic heterocycles. The highest BCUT2D eigenvalue weighted by atomic mass is 32.2. The molecule has 1 N–H and O–H groups in total. The Hall–Kier alpha value is -3.05. The van der Waals surface area contributed by atoms with E-state index in [2.05, 4.69) is 10.3 Å². The van der Waals surface area contributed by atoms with Crippen LogP contribution in [-0.4, -0.2) is 72.0 Å². The van der Waals surface area contributed by atoms with Crippen molar-refractivity contribution in [2.45, 2.75) is 56.7 Å². The molecule has 0 radical (unpaired) electrons. The molecule has 2 fully saturated rings. The van der Waals surface area contributed by atoms with E-state index in [1.165, 1.54) is 11.8 Å². The van der Waals surface area contributed by atoms with Gasteiger partial charge in [-0.05, 0) is 44.0 Å². The number of nitrogens with one attached hydrogen (secondary N) is 1. The molecule has 0 bridgehead atoms. The van der Waals surface area contributed by atoms with Crippen LogP contribution in [0.1, 0.15) is 31.9 Å². The number of rotatable bonds is 7. The monoisotopic (exact) mass is 559 g/mol. The van der Waals surface area contributed by atoms with Crippen molar-refractivity contribution in [3.8, 4) is 5.75 Å². The summed E-state index contributed by atoms with van der Waals surface area (Å²) in [6.07, 6.45) is -0.468. The SMILES string of the molecule is COc1ccc(CN2C(=NC(=O)[C@H](Cc3ccccc3)NC(=O)OC(C)(C)C)S[C@@H]3CS(=O)(=O)C[C@@H]32)cc1. The molecule has 2 aromatic rings. The van der Waals surface area contributed by atoms with Crippen LogP contribution in [0.5, 0.6) is 5.75 Å². The number of amidine groups is 1. The van der Waals surface area contributed by atoms with Crippen LogP contribution in [0.25, 0.3) is 0 Å². The summed E-state index contributed by atoms with van der Waals surface area (Å²) >= 11 is 1.31. The second-order valence-corrected chi connectivity index (χ2v) is 13.8. The number of thioether (sulfide) groups is 1. The molecule has 38 heavy (non-hydrogen) atoms. The quantitative estimate of drug-likeness (QED) is 0.549. The number of methoxy groups -OCH3 is 1. The number of fused-ring (bicyclic) bond motifs is 1. The Morgan fingerprint density at radius 1 is 1.08 bits per heavy atom. The van der Waals surface area contributed by atoms with Gasteiger partial charge in [0.25, 0.3) is 5.91 Å². The zero-order chi connectivity index (χ0) is 27.5. The van der Waals surface area contributed by atoms with Crippen LogP contribution in [0.2, 0.25) is 0 Å². The van der Waals surface area contributed by atoms with Crippen molar-refractivity contribution in [1.82, 2.24) is 10.2 Å². The molecule has 0 aromatic heterocycles. The minimum absolute atomic E-state index is 0.0115. The van der Waals surface area contributed by atoms with Gasteiger partial charge in [-0.15, -0.1) is 0 Å². The Balaban J connectivity index is 1.60. The Labute approximate surface area is 227 Å². The fourth-order valence-electron chi connectivity index (χ4n) is 4.42. The van der Waals surface area contributed by atoms with Gasteiger partial charge in [-0.3, -0.25) is 4.79 Å². The number of carbonyl (C=O) groups excluding carboxylic acids is 2. The van der Waals surface area contributed by atoms with Gasteiger partial charge in [0.15, 0.2) is 15.0 Å². The maximum absolute atomic E-state index is 13.5.